The topological polar surface area (TPSA) is 261 Å². The van der Waals surface area contributed by atoms with Gasteiger partial charge in [0.2, 0.25) is 31.9 Å². The van der Waals surface area contributed by atoms with Gasteiger partial charge in [-0.1, -0.05) is 27.2 Å². The molecule has 8 heterocycles. The maximum absolute atomic E-state index is 15.4. The number of aliphatic hydroxyl groups excluding tert-OH is 1. The van der Waals surface area contributed by atoms with Gasteiger partial charge in [0.05, 0.1) is 18.1 Å². The second-order valence-corrected chi connectivity index (χ2v) is 22.7. The number of H-pyrrole nitrogens is 2. The molecule has 0 saturated carbocycles. The van der Waals surface area contributed by atoms with Gasteiger partial charge in [-0.15, -0.1) is 0 Å². The number of nitrogens with one attached hydrogen (secondary N) is 4. The third kappa shape index (κ3) is 12.1. The van der Waals surface area contributed by atoms with Crippen LogP contribution in [-0.2, 0) is 42.8 Å². The molecule has 0 amide bonds. The molecule has 70 heavy (non-hydrogen) atoms. The van der Waals surface area contributed by atoms with Crippen LogP contribution in [0.15, 0.2) is 12.1 Å². The van der Waals surface area contributed by atoms with Crippen molar-refractivity contribution in [2.45, 2.75) is 169 Å². The lowest BCUT2D eigenvalue weighted by Gasteiger charge is -2.49. The highest BCUT2D eigenvalue weighted by molar-refractivity contribution is 7.89. The quantitative estimate of drug-likeness (QED) is 0.0749. The molecule has 4 aromatic heterocycles. The van der Waals surface area contributed by atoms with Crippen LogP contribution in [0.25, 0.3) is 0 Å². The molecule has 0 spiro atoms. The van der Waals surface area contributed by atoms with E-state index in [1.54, 1.807) is 34.6 Å². The summed E-state index contributed by atoms with van der Waals surface area (Å²) in [7, 11) is -2.89. The minimum atomic E-state index is -3.30. The number of aryl methyl sites for hydroxylation is 2. The van der Waals surface area contributed by atoms with Crippen LogP contribution in [0.3, 0.4) is 0 Å². The number of aliphatic hydroxyl groups is 1. The van der Waals surface area contributed by atoms with Gasteiger partial charge in [-0.25, -0.2) is 35.6 Å². The summed E-state index contributed by atoms with van der Waals surface area (Å²) in [6.07, 6.45) is 8.74. The van der Waals surface area contributed by atoms with Gasteiger partial charge in [0.25, 0.3) is 0 Å². The third-order valence-corrected chi connectivity index (χ3v) is 17.5. The zero-order valence-electron chi connectivity index (χ0n) is 40.4. The lowest BCUT2D eigenvalue weighted by atomic mass is 9.83. The van der Waals surface area contributed by atoms with Crippen molar-refractivity contribution in [3.63, 3.8) is 0 Å². The van der Waals surface area contributed by atoms with E-state index in [0.29, 0.717) is 43.7 Å². The first-order valence-corrected chi connectivity index (χ1v) is 27.0. The predicted octanol–water partition coefficient (Wildman–Crippen LogP) is 6.10. The maximum atomic E-state index is 15.4. The van der Waals surface area contributed by atoms with Crippen molar-refractivity contribution in [3.8, 4) is 0 Å². The second-order valence-electron chi connectivity index (χ2n) is 18.4. The highest BCUT2D eigenvalue weighted by Gasteiger charge is 2.46. The number of carbonyl (C=O) groups is 1. The number of hydrogen-bond acceptors (Lipinski definition) is 17. The summed E-state index contributed by atoms with van der Waals surface area (Å²) in [5, 5.41) is 29.1. The number of rotatable bonds is 17. The number of anilines is 6. The lowest BCUT2D eigenvalue weighted by molar-refractivity contribution is -0.145. The van der Waals surface area contributed by atoms with Crippen molar-refractivity contribution in [2.24, 2.45) is 0 Å². The summed E-state index contributed by atoms with van der Waals surface area (Å²) in [5.41, 5.74) is 1.45. The molecule has 0 radical (unpaired) electrons. The molecule has 21 nitrogen and oxygen atoms in total. The largest absolute Gasteiger partial charge is 0.459 e. The third-order valence-electron chi connectivity index (χ3n) is 13.6. The average molecular weight is 1020 g/mol. The van der Waals surface area contributed by atoms with E-state index in [1.807, 2.05) is 44.7 Å². The Morgan fingerprint density at radius 3 is 1.49 bits per heavy atom. The van der Waals surface area contributed by atoms with Crippen molar-refractivity contribution in [1.29, 1.82) is 0 Å². The Labute approximate surface area is 410 Å². The molecule has 4 fully saturated rings. The predicted molar refractivity (Wildman–Crippen MR) is 263 cm³/mol. The zero-order valence-corrected chi connectivity index (χ0v) is 42.0. The smallest absolute Gasteiger partial charge is 0.306 e. The van der Waals surface area contributed by atoms with Crippen molar-refractivity contribution in [3.05, 3.63) is 46.5 Å². The van der Waals surface area contributed by atoms with E-state index in [-0.39, 0.29) is 103 Å². The van der Waals surface area contributed by atoms with E-state index in [9.17, 15) is 31.1 Å². The highest BCUT2D eigenvalue weighted by Crippen LogP contribution is 2.40. The van der Waals surface area contributed by atoms with Crippen LogP contribution in [0.2, 0.25) is 0 Å². The van der Waals surface area contributed by atoms with E-state index < -0.39 is 44.3 Å². The molecule has 0 aliphatic carbocycles. The van der Waals surface area contributed by atoms with Crippen LogP contribution in [0.5, 0.6) is 0 Å². The molecule has 25 heteroatoms. The maximum Gasteiger partial charge on any atom is 0.306 e. The molecule has 0 aromatic carbocycles. The first-order valence-electron chi connectivity index (χ1n) is 23.8. The molecule has 2 unspecified atom stereocenters. The Morgan fingerprint density at radius 1 is 0.729 bits per heavy atom. The Hall–Kier alpha value is -5.11. The fourth-order valence-electron chi connectivity index (χ4n) is 10.1. The summed E-state index contributed by atoms with van der Waals surface area (Å²) in [4.78, 5) is 33.2. The summed E-state index contributed by atoms with van der Waals surface area (Å²) in [5.74, 6) is -0.478. The number of ether oxygens (including phenoxy) is 1. The van der Waals surface area contributed by atoms with Gasteiger partial charge in [-0.3, -0.25) is 15.0 Å². The number of carbonyl (C=O) groups excluding carboxylic acids is 1. The van der Waals surface area contributed by atoms with E-state index in [4.69, 9.17) is 4.74 Å². The van der Waals surface area contributed by atoms with Gasteiger partial charge >= 0.3 is 5.97 Å². The van der Waals surface area contributed by atoms with Gasteiger partial charge in [-0.05, 0) is 85.5 Å². The number of sulfonamides is 2. The van der Waals surface area contributed by atoms with Crippen LogP contribution in [0.4, 0.5) is 43.9 Å². The molecule has 4 bridgehead atoms. The summed E-state index contributed by atoms with van der Waals surface area (Å²) >= 11 is 0. The number of aromatic amines is 2. The van der Waals surface area contributed by atoms with Gasteiger partial charge in [0, 0.05) is 80.3 Å². The van der Waals surface area contributed by atoms with E-state index in [1.165, 1.54) is 0 Å². The summed E-state index contributed by atoms with van der Waals surface area (Å²) in [6, 6.07) is 3.15. The molecule has 4 aliphatic heterocycles. The zero-order chi connectivity index (χ0) is 49.8. The summed E-state index contributed by atoms with van der Waals surface area (Å²) < 4.78 is 89.7. The monoisotopic (exact) mass is 1020 g/mol. The number of aromatic nitrogens is 8. The van der Waals surface area contributed by atoms with Gasteiger partial charge in [-0.2, -0.15) is 28.8 Å². The minimum absolute atomic E-state index is 0. The molecule has 4 aliphatic rings. The molecule has 6 atom stereocenters. The number of halogens is 2. The fraction of sp³-hybridized carbons (Fsp3) is 0.667. The van der Waals surface area contributed by atoms with Gasteiger partial charge in [0.15, 0.2) is 34.9 Å². The molecular weight excluding hydrogens is 951 g/mol. The molecular formula is C45H70F2N14O7S2. The van der Waals surface area contributed by atoms with Crippen LogP contribution >= 0.6 is 0 Å². The van der Waals surface area contributed by atoms with E-state index in [2.05, 4.69) is 51.0 Å². The van der Waals surface area contributed by atoms with Crippen molar-refractivity contribution < 1.29 is 40.3 Å². The van der Waals surface area contributed by atoms with Crippen LogP contribution in [0.1, 0.15) is 128 Å². The molecule has 4 aromatic rings. The van der Waals surface area contributed by atoms with Crippen LogP contribution < -0.4 is 20.4 Å². The SMILES string of the molecule is C.CCCC(=O)OCc1nc(N(C)C2C[C@H]3CCC[C@@H](C2)N3S(=O)(=O)CC)nc(Nc2cc(C)[nH]n2)c1F.CCS(=O)(=O)N1[C@@H]2CCC[C@H]1CC(N(C)c1nc(CO)c(F)c(Nc3cc(C)[nH]n3)n1)C2. The minimum Gasteiger partial charge on any atom is -0.459 e. The first kappa shape index (κ1) is 54.2. The number of piperidine rings is 4. The molecule has 8 rings (SSSR count). The van der Waals surface area contributed by atoms with Crippen LogP contribution in [-0.4, -0.2) is 139 Å². The highest BCUT2D eigenvalue weighted by atomic mass is 32.2. The Kier molecular flexibility index (Phi) is 17.8. The summed E-state index contributed by atoms with van der Waals surface area (Å²) in [6.45, 7) is 7.99. The Morgan fingerprint density at radius 2 is 1.13 bits per heavy atom. The van der Waals surface area contributed by atoms with Crippen LogP contribution in [0, 0.1) is 25.5 Å². The number of fused-ring (bicyclic) bond motifs is 4. The lowest BCUT2D eigenvalue weighted by Crippen LogP contribution is -2.58. The van der Waals surface area contributed by atoms with Crippen molar-refractivity contribution in [1.82, 2.24) is 48.9 Å². The van der Waals surface area contributed by atoms with E-state index >= 15 is 4.39 Å². The fourth-order valence-corrected chi connectivity index (χ4v) is 13.2. The van der Waals surface area contributed by atoms with Crippen molar-refractivity contribution >= 4 is 61.2 Å². The standard InChI is InChI=1S/C24H36FN7O4S.C20H30FN7O3S.CH4/c1-5-8-21(33)36-14-19-22(25)23(27-20-11-15(3)29-30-20)28-24(26-19)31(4)18-12-16-9-7-10-17(13-18)32(16)37(34,35)6-2;1-4-32(30,31)28-13-6-5-7-14(28)10-15(9-13)27(3)20-22-16(11-29)18(21)19(24-20)23-17-8-12(2)25-26-17;/h11,16-18H,5-10,12-14H2,1-4H3,(H2,26,27,28,29,30);8,13-15,29H,4-7,9-11H2,1-3H3,(H2,22,23,24,25,26);1H4/t16-,17+,18?;13-,14+,15?;. The molecule has 4 saturated heterocycles. The first-order chi connectivity index (χ1) is 32.9. The van der Waals surface area contributed by atoms with Gasteiger partial charge < -0.3 is 30.3 Å². The molecule has 388 valence electrons. The van der Waals surface area contributed by atoms with E-state index in [0.717, 1.165) is 49.9 Å². The average Bonchev–Trinajstić information content (AvgIpc) is 3.94. The second kappa shape index (κ2) is 23.0. The number of hydrogen-bond donors (Lipinski definition) is 5. The molecule has 5 N–H and O–H groups in total. The van der Waals surface area contributed by atoms with Gasteiger partial charge in [0.1, 0.15) is 18.0 Å². The Bertz CT molecular complexity index is 2630. The Balaban J connectivity index is 0.000000229. The van der Waals surface area contributed by atoms with Crippen molar-refractivity contribution in [2.75, 3.05) is 46.0 Å². The normalized spacial score (nSPS) is 22.5. The number of nitrogens with zero attached hydrogens (tertiary/aromatic N) is 10. The number of esters is 1.